The average Bonchev–Trinajstić information content (AvgIpc) is 2.48. The van der Waals surface area contributed by atoms with E-state index in [4.69, 9.17) is 0 Å². The summed E-state index contributed by atoms with van der Waals surface area (Å²) in [6.07, 6.45) is 2.53. The minimum atomic E-state index is 0.432. The quantitative estimate of drug-likeness (QED) is 0.880. The summed E-state index contributed by atoms with van der Waals surface area (Å²) in [5.41, 5.74) is 1.41. The van der Waals surface area contributed by atoms with Crippen molar-refractivity contribution in [2.24, 2.45) is 11.8 Å². The molecule has 2 heteroatoms. The van der Waals surface area contributed by atoms with Gasteiger partial charge in [0.2, 0.25) is 0 Å². The lowest BCUT2D eigenvalue weighted by atomic mass is 9.86. The Labute approximate surface area is 124 Å². The van der Waals surface area contributed by atoms with Gasteiger partial charge in [0.25, 0.3) is 0 Å². The van der Waals surface area contributed by atoms with Crippen molar-refractivity contribution in [3.63, 3.8) is 0 Å². The van der Waals surface area contributed by atoms with E-state index in [9.17, 15) is 0 Å². The summed E-state index contributed by atoms with van der Waals surface area (Å²) in [4.78, 5) is 2.71. The first-order valence-electron chi connectivity index (χ1n) is 8.13. The maximum atomic E-state index is 3.55. The fourth-order valence-electron chi connectivity index (χ4n) is 3.54. The van der Waals surface area contributed by atoms with Gasteiger partial charge in [-0.1, -0.05) is 51.1 Å². The van der Waals surface area contributed by atoms with Crippen LogP contribution in [0.1, 0.15) is 45.2 Å². The highest BCUT2D eigenvalue weighted by molar-refractivity contribution is 5.20. The highest BCUT2D eigenvalue weighted by Crippen LogP contribution is 2.29. The van der Waals surface area contributed by atoms with Crippen LogP contribution < -0.4 is 5.32 Å². The smallest absolute Gasteiger partial charge is 0.0475 e. The minimum absolute atomic E-state index is 0.432. The van der Waals surface area contributed by atoms with E-state index in [1.54, 1.807) is 0 Å². The van der Waals surface area contributed by atoms with Gasteiger partial charge in [-0.3, -0.25) is 4.90 Å². The highest BCUT2D eigenvalue weighted by atomic mass is 15.2. The largest absolute Gasteiger partial charge is 0.312 e. The topological polar surface area (TPSA) is 15.3 Å². The molecule has 1 fully saturated rings. The highest BCUT2D eigenvalue weighted by Gasteiger charge is 2.31. The molecule has 2 rings (SSSR count). The van der Waals surface area contributed by atoms with E-state index >= 15 is 0 Å². The number of likely N-dealkylation sites (tertiary alicyclic amines) is 1. The average molecular weight is 274 g/mol. The molecule has 0 radical (unpaired) electrons. The van der Waals surface area contributed by atoms with E-state index < -0.39 is 0 Å². The van der Waals surface area contributed by atoms with E-state index in [-0.39, 0.29) is 0 Å². The third-order valence-corrected chi connectivity index (χ3v) is 5.11. The van der Waals surface area contributed by atoms with Crippen molar-refractivity contribution in [1.82, 2.24) is 10.2 Å². The molecule has 1 aromatic carbocycles. The number of benzene rings is 1. The minimum Gasteiger partial charge on any atom is -0.312 e. The molecule has 1 aliphatic rings. The van der Waals surface area contributed by atoms with Gasteiger partial charge in [-0.15, -0.1) is 0 Å². The first kappa shape index (κ1) is 15.5. The molecule has 1 aromatic rings. The number of hydrogen-bond acceptors (Lipinski definition) is 2. The van der Waals surface area contributed by atoms with Crippen molar-refractivity contribution in [3.8, 4) is 0 Å². The monoisotopic (exact) mass is 274 g/mol. The van der Waals surface area contributed by atoms with Crippen LogP contribution in [-0.2, 0) is 0 Å². The number of likely N-dealkylation sites (N-methyl/N-ethyl adjacent to an activating group) is 1. The van der Waals surface area contributed by atoms with E-state index in [1.165, 1.54) is 31.5 Å². The van der Waals surface area contributed by atoms with Crippen molar-refractivity contribution in [3.05, 3.63) is 35.9 Å². The van der Waals surface area contributed by atoms with E-state index in [0.717, 1.165) is 11.8 Å². The maximum Gasteiger partial charge on any atom is 0.0475 e. The summed E-state index contributed by atoms with van der Waals surface area (Å²) in [5.74, 6) is 1.68. The number of hydrogen-bond donors (Lipinski definition) is 1. The second-order valence-electron chi connectivity index (χ2n) is 6.39. The first-order chi connectivity index (χ1) is 9.67. The molecular formula is C18H30N2. The predicted octanol–water partition coefficient (Wildman–Crippen LogP) is 3.70. The van der Waals surface area contributed by atoms with E-state index in [0.29, 0.717) is 12.1 Å². The predicted molar refractivity (Wildman–Crippen MR) is 86.8 cm³/mol. The van der Waals surface area contributed by atoms with E-state index in [2.05, 4.69) is 68.4 Å². The second-order valence-corrected chi connectivity index (χ2v) is 6.39. The number of rotatable bonds is 5. The molecule has 112 valence electrons. The molecular weight excluding hydrogens is 244 g/mol. The molecule has 1 heterocycles. The fraction of sp³-hybridized carbons (Fsp3) is 0.667. The van der Waals surface area contributed by atoms with Crippen LogP contribution in [0.3, 0.4) is 0 Å². The zero-order valence-electron chi connectivity index (χ0n) is 13.5. The SMILES string of the molecule is CCC(C(NC)c1ccccc1)N1CCC(C)C(C)C1. The zero-order chi connectivity index (χ0) is 14.5. The molecule has 0 amide bonds. The molecule has 2 nitrogen and oxygen atoms in total. The van der Waals surface area contributed by atoms with Gasteiger partial charge in [0, 0.05) is 18.6 Å². The Morgan fingerprint density at radius 2 is 1.90 bits per heavy atom. The second kappa shape index (κ2) is 7.24. The molecule has 1 aliphatic heterocycles. The fourth-order valence-corrected chi connectivity index (χ4v) is 3.54. The molecule has 0 aliphatic carbocycles. The third kappa shape index (κ3) is 3.42. The first-order valence-corrected chi connectivity index (χ1v) is 8.13. The van der Waals surface area contributed by atoms with Crippen LogP contribution in [0.25, 0.3) is 0 Å². The lowest BCUT2D eigenvalue weighted by molar-refractivity contribution is 0.0747. The van der Waals surface area contributed by atoms with E-state index in [1.807, 2.05) is 0 Å². The Balaban J connectivity index is 2.13. The lowest BCUT2D eigenvalue weighted by Crippen LogP contribution is -2.49. The Morgan fingerprint density at radius 3 is 2.45 bits per heavy atom. The summed E-state index contributed by atoms with van der Waals surface area (Å²) in [7, 11) is 2.09. The van der Waals surface area contributed by atoms with Gasteiger partial charge in [-0.2, -0.15) is 0 Å². The van der Waals surface area contributed by atoms with Gasteiger partial charge in [-0.05, 0) is 43.8 Å². The molecule has 0 saturated carbocycles. The molecule has 4 atom stereocenters. The van der Waals surface area contributed by atoms with Crippen LogP contribution in [0.4, 0.5) is 0 Å². The third-order valence-electron chi connectivity index (χ3n) is 5.11. The normalized spacial score (nSPS) is 27.2. The summed E-state index contributed by atoms with van der Waals surface area (Å²) in [6.45, 7) is 9.61. The molecule has 0 aromatic heterocycles. The van der Waals surface area contributed by atoms with Crippen LogP contribution in [0.5, 0.6) is 0 Å². The number of nitrogens with one attached hydrogen (secondary N) is 1. The van der Waals surface area contributed by atoms with Crippen LogP contribution >= 0.6 is 0 Å². The Bertz CT molecular complexity index is 390. The Hall–Kier alpha value is -0.860. The summed E-state index contributed by atoms with van der Waals surface area (Å²) in [6, 6.07) is 11.9. The Kier molecular flexibility index (Phi) is 5.62. The van der Waals surface area contributed by atoms with Crippen molar-refractivity contribution in [2.75, 3.05) is 20.1 Å². The standard InChI is InChI=1S/C18H30N2/c1-5-17(20-12-11-14(2)15(3)13-20)18(19-4)16-9-7-6-8-10-16/h6-10,14-15,17-19H,5,11-13H2,1-4H3. The van der Waals surface area contributed by atoms with Gasteiger partial charge in [0.15, 0.2) is 0 Å². The van der Waals surface area contributed by atoms with Crippen LogP contribution in [-0.4, -0.2) is 31.1 Å². The van der Waals surface area contributed by atoms with Crippen LogP contribution in [0, 0.1) is 11.8 Å². The van der Waals surface area contributed by atoms with Gasteiger partial charge in [0.1, 0.15) is 0 Å². The Morgan fingerprint density at radius 1 is 1.20 bits per heavy atom. The van der Waals surface area contributed by atoms with Crippen LogP contribution in [0.15, 0.2) is 30.3 Å². The zero-order valence-corrected chi connectivity index (χ0v) is 13.5. The lowest BCUT2D eigenvalue weighted by Gasteiger charge is -2.43. The van der Waals surface area contributed by atoms with Gasteiger partial charge in [0.05, 0.1) is 0 Å². The summed E-state index contributed by atoms with van der Waals surface area (Å²) in [5, 5.41) is 3.55. The molecule has 0 spiro atoms. The molecule has 1 saturated heterocycles. The van der Waals surface area contributed by atoms with Crippen molar-refractivity contribution < 1.29 is 0 Å². The van der Waals surface area contributed by atoms with Crippen LogP contribution in [0.2, 0.25) is 0 Å². The van der Waals surface area contributed by atoms with Crippen molar-refractivity contribution in [1.29, 1.82) is 0 Å². The summed E-state index contributed by atoms with van der Waals surface area (Å²) >= 11 is 0. The molecule has 20 heavy (non-hydrogen) atoms. The van der Waals surface area contributed by atoms with Gasteiger partial charge >= 0.3 is 0 Å². The molecule has 4 unspecified atom stereocenters. The molecule has 1 N–H and O–H groups in total. The summed E-state index contributed by atoms with van der Waals surface area (Å²) < 4.78 is 0. The van der Waals surface area contributed by atoms with Gasteiger partial charge in [-0.25, -0.2) is 0 Å². The van der Waals surface area contributed by atoms with Crippen molar-refractivity contribution >= 4 is 0 Å². The maximum absolute atomic E-state index is 3.55. The van der Waals surface area contributed by atoms with Gasteiger partial charge < -0.3 is 5.32 Å². The van der Waals surface area contributed by atoms with Crippen molar-refractivity contribution in [2.45, 2.75) is 45.7 Å². The number of nitrogens with zero attached hydrogens (tertiary/aromatic N) is 1. The number of piperidine rings is 1. The molecule has 0 bridgehead atoms.